The average molecular weight is 328 g/mol. The zero-order valence-electron chi connectivity index (χ0n) is 10.0. The average Bonchev–Trinajstić information content (AvgIpc) is 2.99. The van der Waals surface area contributed by atoms with Gasteiger partial charge in [0.15, 0.2) is 0 Å². The van der Waals surface area contributed by atoms with Gasteiger partial charge < -0.3 is 4.57 Å². The largest absolute Gasteiger partial charge is 0.301 e. The van der Waals surface area contributed by atoms with Crippen molar-refractivity contribution in [2.45, 2.75) is 0 Å². The first kappa shape index (κ1) is 11.3. The van der Waals surface area contributed by atoms with Gasteiger partial charge in [0.25, 0.3) is 0 Å². The standard InChI is InChI=1S/C16H10BrNS/c17-11-6-7-13-14-8-9-19-16(14)18(15(13)10-11)12-4-2-1-3-5-12/h1-10H. The number of nitrogens with zero attached hydrogens (tertiary/aromatic N) is 1. The third kappa shape index (κ3) is 1.66. The van der Waals surface area contributed by atoms with E-state index in [0.29, 0.717) is 0 Å². The van der Waals surface area contributed by atoms with Gasteiger partial charge in [0.05, 0.1) is 5.52 Å². The van der Waals surface area contributed by atoms with Crippen molar-refractivity contribution in [3.63, 3.8) is 0 Å². The maximum absolute atomic E-state index is 3.57. The highest BCUT2D eigenvalue weighted by atomic mass is 79.9. The van der Waals surface area contributed by atoms with Crippen LogP contribution in [0.4, 0.5) is 0 Å². The molecule has 0 N–H and O–H groups in total. The molecule has 0 aliphatic heterocycles. The van der Waals surface area contributed by atoms with E-state index in [9.17, 15) is 0 Å². The van der Waals surface area contributed by atoms with Crippen molar-refractivity contribution < 1.29 is 0 Å². The van der Waals surface area contributed by atoms with E-state index in [4.69, 9.17) is 0 Å². The van der Waals surface area contributed by atoms with Gasteiger partial charge in [-0.1, -0.05) is 40.2 Å². The Morgan fingerprint density at radius 3 is 2.58 bits per heavy atom. The summed E-state index contributed by atoms with van der Waals surface area (Å²) < 4.78 is 3.45. The highest BCUT2D eigenvalue weighted by Crippen LogP contribution is 2.36. The van der Waals surface area contributed by atoms with Gasteiger partial charge in [-0.3, -0.25) is 0 Å². The van der Waals surface area contributed by atoms with E-state index in [1.165, 1.54) is 26.8 Å². The third-order valence-electron chi connectivity index (χ3n) is 3.35. The lowest BCUT2D eigenvalue weighted by molar-refractivity contribution is 1.19. The monoisotopic (exact) mass is 327 g/mol. The van der Waals surface area contributed by atoms with E-state index < -0.39 is 0 Å². The van der Waals surface area contributed by atoms with Crippen molar-refractivity contribution in [2.24, 2.45) is 0 Å². The lowest BCUT2D eigenvalue weighted by Gasteiger charge is -2.06. The smallest absolute Gasteiger partial charge is 0.108 e. The summed E-state index contributed by atoms with van der Waals surface area (Å²) >= 11 is 5.36. The molecule has 2 aromatic carbocycles. The molecule has 4 rings (SSSR count). The molecule has 0 spiro atoms. The fraction of sp³-hybridized carbons (Fsp3) is 0. The number of benzene rings is 2. The molecule has 3 heteroatoms. The van der Waals surface area contributed by atoms with Crippen LogP contribution in [0, 0.1) is 0 Å². The highest BCUT2D eigenvalue weighted by Gasteiger charge is 2.12. The van der Waals surface area contributed by atoms with Crippen LogP contribution >= 0.6 is 27.3 Å². The zero-order valence-corrected chi connectivity index (χ0v) is 12.4. The summed E-state index contributed by atoms with van der Waals surface area (Å²) in [6, 6.07) is 19.2. The first-order chi connectivity index (χ1) is 9.34. The topological polar surface area (TPSA) is 4.93 Å². The lowest BCUT2D eigenvalue weighted by atomic mass is 10.2. The number of hydrogen-bond acceptors (Lipinski definition) is 1. The molecule has 0 bridgehead atoms. The van der Waals surface area contributed by atoms with Crippen LogP contribution in [-0.2, 0) is 0 Å². The zero-order chi connectivity index (χ0) is 12.8. The van der Waals surface area contributed by atoms with E-state index in [-0.39, 0.29) is 0 Å². The Hall–Kier alpha value is -1.58. The highest BCUT2D eigenvalue weighted by molar-refractivity contribution is 9.10. The number of fused-ring (bicyclic) bond motifs is 3. The molecule has 1 nitrogen and oxygen atoms in total. The second-order valence-electron chi connectivity index (χ2n) is 4.47. The normalized spacial score (nSPS) is 11.4. The van der Waals surface area contributed by atoms with Gasteiger partial charge in [-0.15, -0.1) is 11.3 Å². The Morgan fingerprint density at radius 1 is 0.895 bits per heavy atom. The summed E-state index contributed by atoms with van der Waals surface area (Å²) in [4.78, 5) is 1.30. The van der Waals surface area contributed by atoms with Crippen molar-refractivity contribution in [1.29, 1.82) is 0 Å². The molecule has 0 atom stereocenters. The van der Waals surface area contributed by atoms with Gasteiger partial charge >= 0.3 is 0 Å². The minimum absolute atomic E-state index is 1.11. The maximum Gasteiger partial charge on any atom is 0.108 e. The Bertz CT molecular complexity index is 874. The Labute approximate surface area is 123 Å². The summed E-state index contributed by atoms with van der Waals surface area (Å²) in [5.41, 5.74) is 2.46. The van der Waals surface area contributed by atoms with Crippen molar-refractivity contribution in [3.05, 3.63) is 64.5 Å². The van der Waals surface area contributed by atoms with E-state index >= 15 is 0 Å². The molecular weight excluding hydrogens is 318 g/mol. The summed E-state index contributed by atoms with van der Waals surface area (Å²) in [5.74, 6) is 0. The molecule has 2 aromatic heterocycles. The van der Waals surface area contributed by atoms with Gasteiger partial charge in [0.1, 0.15) is 4.83 Å². The van der Waals surface area contributed by atoms with E-state index in [0.717, 1.165) is 4.47 Å². The second-order valence-corrected chi connectivity index (χ2v) is 6.28. The molecule has 0 fully saturated rings. The van der Waals surface area contributed by atoms with Crippen LogP contribution < -0.4 is 0 Å². The third-order valence-corrected chi connectivity index (χ3v) is 4.74. The molecule has 0 saturated carbocycles. The number of halogens is 1. The van der Waals surface area contributed by atoms with E-state index in [1.807, 2.05) is 0 Å². The Kier molecular flexibility index (Phi) is 2.50. The summed E-state index contributed by atoms with van der Waals surface area (Å²) in [6.45, 7) is 0. The van der Waals surface area contributed by atoms with Gasteiger partial charge in [-0.25, -0.2) is 0 Å². The van der Waals surface area contributed by atoms with E-state index in [2.05, 4.69) is 80.5 Å². The molecule has 0 aliphatic carbocycles. The second kappa shape index (κ2) is 4.22. The number of hydrogen-bond donors (Lipinski definition) is 0. The van der Waals surface area contributed by atoms with Crippen LogP contribution in [0.3, 0.4) is 0 Å². The van der Waals surface area contributed by atoms with Crippen molar-refractivity contribution in [2.75, 3.05) is 0 Å². The number of para-hydroxylation sites is 1. The molecule has 92 valence electrons. The van der Waals surface area contributed by atoms with Crippen LogP contribution in [0.25, 0.3) is 26.8 Å². The predicted octanol–water partition coefficient (Wildman–Crippen LogP) is 5.61. The number of rotatable bonds is 1. The van der Waals surface area contributed by atoms with Crippen LogP contribution in [0.2, 0.25) is 0 Å². The number of thiophene rings is 1. The molecule has 0 saturated heterocycles. The van der Waals surface area contributed by atoms with E-state index in [1.54, 1.807) is 11.3 Å². The fourth-order valence-electron chi connectivity index (χ4n) is 2.54. The van der Waals surface area contributed by atoms with Crippen molar-refractivity contribution >= 4 is 48.4 Å². The van der Waals surface area contributed by atoms with Crippen LogP contribution in [0.15, 0.2) is 64.5 Å². The number of aromatic nitrogens is 1. The molecule has 2 heterocycles. The molecular formula is C16H10BrNS. The minimum atomic E-state index is 1.11. The SMILES string of the molecule is Brc1ccc2c3ccsc3n(-c3ccccc3)c2c1. The van der Waals surface area contributed by atoms with Gasteiger partial charge in [0, 0.05) is 20.9 Å². The summed E-state index contributed by atoms with van der Waals surface area (Å²) in [5, 5.41) is 4.80. The minimum Gasteiger partial charge on any atom is -0.301 e. The van der Waals surface area contributed by atoms with Crippen LogP contribution in [-0.4, -0.2) is 4.57 Å². The van der Waals surface area contributed by atoms with Crippen molar-refractivity contribution in [3.8, 4) is 5.69 Å². The predicted molar refractivity (Wildman–Crippen MR) is 86.4 cm³/mol. The summed E-state index contributed by atoms with van der Waals surface area (Å²) in [6.07, 6.45) is 0. The quantitative estimate of drug-likeness (QED) is 0.428. The van der Waals surface area contributed by atoms with Crippen LogP contribution in [0.5, 0.6) is 0 Å². The Morgan fingerprint density at radius 2 is 1.74 bits per heavy atom. The summed E-state index contributed by atoms with van der Waals surface area (Å²) in [7, 11) is 0. The first-order valence-electron chi connectivity index (χ1n) is 6.07. The molecule has 4 aromatic rings. The maximum atomic E-state index is 3.57. The molecule has 0 unspecified atom stereocenters. The fourth-order valence-corrected chi connectivity index (χ4v) is 3.84. The van der Waals surface area contributed by atoms with Gasteiger partial charge in [-0.2, -0.15) is 0 Å². The van der Waals surface area contributed by atoms with Crippen LogP contribution in [0.1, 0.15) is 0 Å². The molecule has 0 aliphatic rings. The molecule has 19 heavy (non-hydrogen) atoms. The molecule has 0 amide bonds. The van der Waals surface area contributed by atoms with Crippen molar-refractivity contribution in [1.82, 2.24) is 4.57 Å². The van der Waals surface area contributed by atoms with Gasteiger partial charge in [-0.05, 0) is 35.7 Å². The Balaban J connectivity index is 2.21. The van der Waals surface area contributed by atoms with Gasteiger partial charge in [0.2, 0.25) is 0 Å². The first-order valence-corrected chi connectivity index (χ1v) is 7.74. The molecule has 0 radical (unpaired) electrons. The lowest BCUT2D eigenvalue weighted by Crippen LogP contribution is -1.91.